The zero-order valence-corrected chi connectivity index (χ0v) is 10.9. The van der Waals surface area contributed by atoms with Crippen LogP contribution in [-0.4, -0.2) is 18.5 Å². The zero-order valence-electron chi connectivity index (χ0n) is 10.9. The van der Waals surface area contributed by atoms with Crippen LogP contribution in [0.5, 0.6) is 0 Å². The van der Waals surface area contributed by atoms with Gasteiger partial charge in [0.25, 0.3) is 0 Å². The Bertz CT molecular complexity index is 238. The van der Waals surface area contributed by atoms with Crippen molar-refractivity contribution in [1.29, 1.82) is 0 Å². The molecule has 17 heavy (non-hydrogen) atoms. The molecule has 2 saturated carbocycles. The maximum atomic E-state index is 13.1. The number of hydrogen-bond acceptors (Lipinski definition) is 1. The molecule has 0 spiro atoms. The summed E-state index contributed by atoms with van der Waals surface area (Å²) in [6.07, 6.45) is 6.92. The van der Waals surface area contributed by atoms with E-state index in [-0.39, 0.29) is 18.8 Å². The fraction of sp³-hybridized carbons (Fsp3) is 1.00. The summed E-state index contributed by atoms with van der Waals surface area (Å²) in [5, 5.41) is 3.59. The second kappa shape index (κ2) is 5.64. The molecule has 0 aliphatic heterocycles. The molecule has 2 aliphatic rings. The van der Waals surface area contributed by atoms with Gasteiger partial charge in [0, 0.05) is 18.9 Å². The van der Waals surface area contributed by atoms with E-state index in [2.05, 4.69) is 12.2 Å². The lowest BCUT2D eigenvalue weighted by atomic mass is 9.96. The van der Waals surface area contributed by atoms with Gasteiger partial charge in [0.2, 0.25) is 5.92 Å². The molecule has 1 N–H and O–H groups in total. The zero-order chi connectivity index (χ0) is 12.3. The molecule has 2 atom stereocenters. The van der Waals surface area contributed by atoms with Crippen molar-refractivity contribution in [3.8, 4) is 0 Å². The molecule has 2 unspecified atom stereocenters. The molecule has 2 rings (SSSR count). The average molecular weight is 245 g/mol. The Labute approximate surface area is 103 Å². The van der Waals surface area contributed by atoms with Crippen molar-refractivity contribution >= 4 is 0 Å². The topological polar surface area (TPSA) is 12.0 Å². The summed E-state index contributed by atoms with van der Waals surface area (Å²) in [6.45, 7) is 3.25. The van der Waals surface area contributed by atoms with Crippen molar-refractivity contribution in [2.45, 2.75) is 70.3 Å². The van der Waals surface area contributed by atoms with E-state index in [0.29, 0.717) is 6.04 Å². The van der Waals surface area contributed by atoms with Crippen LogP contribution in [0.2, 0.25) is 0 Å². The van der Waals surface area contributed by atoms with E-state index in [4.69, 9.17) is 0 Å². The Morgan fingerprint density at radius 1 is 1.29 bits per heavy atom. The summed E-state index contributed by atoms with van der Waals surface area (Å²) in [5.74, 6) is -1.26. The number of alkyl halides is 2. The van der Waals surface area contributed by atoms with E-state index in [1.165, 1.54) is 12.8 Å². The molecule has 0 aromatic rings. The predicted molar refractivity (Wildman–Crippen MR) is 66.3 cm³/mol. The molecule has 0 bridgehead atoms. The first kappa shape index (κ1) is 13.3. The quantitative estimate of drug-likeness (QED) is 0.715. The average Bonchev–Trinajstić information content (AvgIpc) is 3.04. The van der Waals surface area contributed by atoms with Gasteiger partial charge in [-0.3, -0.25) is 0 Å². The van der Waals surface area contributed by atoms with Gasteiger partial charge in [-0.15, -0.1) is 0 Å². The first-order valence-electron chi connectivity index (χ1n) is 7.22. The highest BCUT2D eigenvalue weighted by atomic mass is 19.3. The third kappa shape index (κ3) is 4.20. The number of rotatable bonds is 7. The standard InChI is InChI=1S/C14H25F2N/c1-2-9-17-13(12-4-5-12)6-3-11-7-8-14(15,16)10-11/h11-13,17H,2-10H2,1H3. The number of nitrogens with one attached hydrogen (secondary N) is 1. The molecule has 0 amide bonds. The second-order valence-corrected chi connectivity index (χ2v) is 5.94. The summed E-state index contributed by atoms with van der Waals surface area (Å²) in [7, 11) is 0. The van der Waals surface area contributed by atoms with Crippen LogP contribution in [-0.2, 0) is 0 Å². The van der Waals surface area contributed by atoms with Gasteiger partial charge in [0.15, 0.2) is 0 Å². The molecule has 1 nitrogen and oxygen atoms in total. The minimum Gasteiger partial charge on any atom is -0.314 e. The van der Waals surface area contributed by atoms with E-state index < -0.39 is 5.92 Å². The van der Waals surface area contributed by atoms with Gasteiger partial charge in [-0.25, -0.2) is 8.78 Å². The minimum absolute atomic E-state index is 0.119. The van der Waals surface area contributed by atoms with Gasteiger partial charge in [0.1, 0.15) is 0 Å². The van der Waals surface area contributed by atoms with Gasteiger partial charge < -0.3 is 5.32 Å². The van der Waals surface area contributed by atoms with Gasteiger partial charge in [0.05, 0.1) is 0 Å². The maximum Gasteiger partial charge on any atom is 0.248 e. The van der Waals surface area contributed by atoms with E-state index >= 15 is 0 Å². The van der Waals surface area contributed by atoms with Crippen LogP contribution < -0.4 is 5.32 Å². The molecular formula is C14H25F2N. The monoisotopic (exact) mass is 245 g/mol. The van der Waals surface area contributed by atoms with Gasteiger partial charge in [-0.05, 0) is 56.9 Å². The Hall–Kier alpha value is -0.180. The van der Waals surface area contributed by atoms with Crippen molar-refractivity contribution in [3.63, 3.8) is 0 Å². The molecule has 2 fully saturated rings. The summed E-state index contributed by atoms with van der Waals surface area (Å²) >= 11 is 0. The smallest absolute Gasteiger partial charge is 0.248 e. The fourth-order valence-electron chi connectivity index (χ4n) is 3.04. The molecule has 0 heterocycles. The first-order valence-corrected chi connectivity index (χ1v) is 7.22. The van der Waals surface area contributed by atoms with E-state index in [9.17, 15) is 8.78 Å². The van der Waals surface area contributed by atoms with Crippen molar-refractivity contribution in [3.05, 3.63) is 0 Å². The van der Waals surface area contributed by atoms with Gasteiger partial charge in [-0.2, -0.15) is 0 Å². The molecule has 100 valence electrons. The summed E-state index contributed by atoms with van der Waals surface area (Å²) in [6, 6.07) is 0.601. The lowest BCUT2D eigenvalue weighted by molar-refractivity contribution is 0.00451. The summed E-state index contributed by atoms with van der Waals surface area (Å²) < 4.78 is 26.2. The van der Waals surface area contributed by atoms with Crippen molar-refractivity contribution < 1.29 is 8.78 Å². The van der Waals surface area contributed by atoms with Crippen LogP contribution in [0.25, 0.3) is 0 Å². The second-order valence-electron chi connectivity index (χ2n) is 5.94. The SMILES string of the molecule is CCCNC(CCC1CCC(F)(F)C1)C1CC1. The number of halogens is 2. The minimum atomic E-state index is -2.36. The van der Waals surface area contributed by atoms with Crippen LogP contribution in [0.15, 0.2) is 0 Å². The molecule has 0 aromatic heterocycles. The van der Waals surface area contributed by atoms with Gasteiger partial charge >= 0.3 is 0 Å². The number of hydrogen-bond donors (Lipinski definition) is 1. The van der Waals surface area contributed by atoms with E-state index in [1.54, 1.807) is 0 Å². The highest BCUT2D eigenvalue weighted by Gasteiger charge is 2.39. The van der Waals surface area contributed by atoms with Crippen molar-refractivity contribution in [1.82, 2.24) is 5.32 Å². The molecule has 3 heteroatoms. The lowest BCUT2D eigenvalue weighted by Gasteiger charge is -2.20. The molecular weight excluding hydrogens is 220 g/mol. The fourth-order valence-corrected chi connectivity index (χ4v) is 3.04. The largest absolute Gasteiger partial charge is 0.314 e. The van der Waals surface area contributed by atoms with E-state index in [0.717, 1.165) is 38.1 Å². The van der Waals surface area contributed by atoms with Crippen LogP contribution in [0.1, 0.15) is 58.3 Å². The Morgan fingerprint density at radius 2 is 2.06 bits per heavy atom. The third-order valence-corrected chi connectivity index (χ3v) is 4.24. The maximum absolute atomic E-state index is 13.1. The van der Waals surface area contributed by atoms with Gasteiger partial charge in [-0.1, -0.05) is 6.92 Å². The molecule has 0 saturated heterocycles. The highest BCUT2D eigenvalue weighted by Crippen LogP contribution is 2.42. The Kier molecular flexibility index (Phi) is 4.40. The normalized spacial score (nSPS) is 29.5. The molecule has 2 aliphatic carbocycles. The van der Waals surface area contributed by atoms with Crippen LogP contribution >= 0.6 is 0 Å². The Morgan fingerprint density at radius 3 is 2.59 bits per heavy atom. The van der Waals surface area contributed by atoms with Crippen molar-refractivity contribution in [2.75, 3.05) is 6.54 Å². The summed E-state index contributed by atoms with van der Waals surface area (Å²) in [5.41, 5.74) is 0. The highest BCUT2D eigenvalue weighted by molar-refractivity contribution is 4.88. The van der Waals surface area contributed by atoms with Crippen LogP contribution in [0.3, 0.4) is 0 Å². The molecule has 0 aromatic carbocycles. The van der Waals surface area contributed by atoms with E-state index in [1.807, 2.05) is 0 Å². The van der Waals surface area contributed by atoms with Crippen LogP contribution in [0, 0.1) is 11.8 Å². The first-order chi connectivity index (χ1) is 8.11. The summed E-state index contributed by atoms with van der Waals surface area (Å²) in [4.78, 5) is 0. The molecule has 0 radical (unpaired) electrons. The predicted octanol–water partition coefficient (Wildman–Crippen LogP) is 3.98. The Balaban J connectivity index is 1.68. The van der Waals surface area contributed by atoms with Crippen molar-refractivity contribution in [2.24, 2.45) is 11.8 Å². The third-order valence-electron chi connectivity index (χ3n) is 4.24. The lowest BCUT2D eigenvalue weighted by Crippen LogP contribution is -2.32. The van der Waals surface area contributed by atoms with Crippen LogP contribution in [0.4, 0.5) is 8.78 Å².